The van der Waals surface area contributed by atoms with Crippen molar-refractivity contribution in [1.82, 2.24) is 0 Å². The van der Waals surface area contributed by atoms with Gasteiger partial charge in [-0.3, -0.25) is 0 Å². The number of hydrogen-bond donors (Lipinski definition) is 0. The molecule has 0 unspecified atom stereocenters. The first-order valence-corrected chi connectivity index (χ1v) is 5.22. The van der Waals surface area contributed by atoms with Crippen molar-refractivity contribution in [2.45, 2.75) is 6.42 Å². The molecule has 0 saturated carbocycles. The van der Waals surface area contributed by atoms with Gasteiger partial charge >= 0.3 is 5.97 Å². The van der Waals surface area contributed by atoms with E-state index in [9.17, 15) is 4.79 Å². The summed E-state index contributed by atoms with van der Waals surface area (Å²) in [5.74, 6) is 0.713. The van der Waals surface area contributed by atoms with Gasteiger partial charge in [-0.1, -0.05) is 6.08 Å². The third-order valence-electron chi connectivity index (χ3n) is 2.13. The topological polar surface area (TPSA) is 44.8 Å². The molecule has 0 spiro atoms. The fourth-order valence-corrected chi connectivity index (χ4v) is 1.27. The van der Waals surface area contributed by atoms with E-state index in [0.717, 1.165) is 6.42 Å². The molecule has 0 atom stereocenters. The predicted octanol–water partition coefficient (Wildman–Crippen LogP) is 2.44. The van der Waals surface area contributed by atoms with Crippen LogP contribution >= 0.6 is 0 Å². The van der Waals surface area contributed by atoms with Gasteiger partial charge in [0, 0.05) is 6.07 Å². The highest BCUT2D eigenvalue weighted by Crippen LogP contribution is 2.23. The first-order valence-electron chi connectivity index (χ1n) is 5.22. The summed E-state index contributed by atoms with van der Waals surface area (Å²) < 4.78 is 15.2. The van der Waals surface area contributed by atoms with Gasteiger partial charge < -0.3 is 14.2 Å². The Kier molecular flexibility index (Phi) is 5.07. The van der Waals surface area contributed by atoms with Crippen molar-refractivity contribution in [3.05, 3.63) is 36.4 Å². The summed E-state index contributed by atoms with van der Waals surface area (Å²) in [6.45, 7) is 4.12. The van der Waals surface area contributed by atoms with Crippen LogP contribution < -0.4 is 9.47 Å². The Morgan fingerprint density at radius 1 is 1.29 bits per heavy atom. The smallest absolute Gasteiger partial charge is 0.338 e. The summed E-state index contributed by atoms with van der Waals surface area (Å²) in [5, 5.41) is 0. The monoisotopic (exact) mass is 236 g/mol. The summed E-state index contributed by atoms with van der Waals surface area (Å²) in [7, 11) is 2.87. The van der Waals surface area contributed by atoms with Gasteiger partial charge in [0.05, 0.1) is 26.4 Å². The number of carbonyl (C=O) groups excluding carboxylic acids is 1. The number of esters is 1. The van der Waals surface area contributed by atoms with E-state index in [2.05, 4.69) is 11.3 Å². The maximum absolute atomic E-state index is 11.4. The number of rotatable bonds is 6. The molecule has 4 nitrogen and oxygen atoms in total. The highest BCUT2D eigenvalue weighted by Gasteiger charge is 2.09. The van der Waals surface area contributed by atoms with Crippen LogP contribution in [0.2, 0.25) is 0 Å². The van der Waals surface area contributed by atoms with Crippen molar-refractivity contribution < 1.29 is 19.0 Å². The molecule has 1 aromatic rings. The minimum Gasteiger partial charge on any atom is -0.497 e. The van der Waals surface area contributed by atoms with Gasteiger partial charge in [0.2, 0.25) is 0 Å². The molecule has 4 heteroatoms. The van der Waals surface area contributed by atoms with Gasteiger partial charge in [-0.2, -0.15) is 0 Å². The largest absolute Gasteiger partial charge is 0.497 e. The Hall–Kier alpha value is -1.97. The second kappa shape index (κ2) is 6.58. The third kappa shape index (κ3) is 3.83. The molecule has 1 rings (SSSR count). The molecule has 0 saturated heterocycles. The average Bonchev–Trinajstić information content (AvgIpc) is 2.37. The van der Waals surface area contributed by atoms with Gasteiger partial charge in [-0.25, -0.2) is 4.79 Å². The molecule has 0 fully saturated rings. The summed E-state index contributed by atoms with van der Waals surface area (Å²) in [6.07, 6.45) is 2.51. The highest BCUT2D eigenvalue weighted by molar-refractivity contribution is 5.90. The van der Waals surface area contributed by atoms with E-state index in [-0.39, 0.29) is 0 Å². The molecular weight excluding hydrogens is 220 g/mol. The number of ether oxygens (including phenoxy) is 3. The van der Waals surface area contributed by atoms with Crippen molar-refractivity contribution in [2.24, 2.45) is 0 Å². The lowest BCUT2D eigenvalue weighted by Crippen LogP contribution is -2.03. The van der Waals surface area contributed by atoms with Crippen molar-refractivity contribution in [1.29, 1.82) is 0 Å². The van der Waals surface area contributed by atoms with Crippen molar-refractivity contribution in [2.75, 3.05) is 20.8 Å². The third-order valence-corrected chi connectivity index (χ3v) is 2.13. The molecule has 92 valence electrons. The molecule has 0 aliphatic rings. The highest BCUT2D eigenvalue weighted by atomic mass is 16.5. The maximum atomic E-state index is 11.4. The van der Waals surface area contributed by atoms with Gasteiger partial charge in [0.25, 0.3) is 0 Å². The second-order valence-electron chi connectivity index (χ2n) is 3.31. The fraction of sp³-hybridized carbons (Fsp3) is 0.308. The molecule has 0 amide bonds. The van der Waals surface area contributed by atoms with Crippen LogP contribution in [0.3, 0.4) is 0 Å². The summed E-state index contributed by atoms with van der Waals surface area (Å²) in [5.41, 5.74) is 0.403. The maximum Gasteiger partial charge on any atom is 0.338 e. The van der Waals surface area contributed by atoms with Gasteiger partial charge in [0.1, 0.15) is 11.5 Å². The van der Waals surface area contributed by atoms with Crippen molar-refractivity contribution in [3.8, 4) is 11.5 Å². The Morgan fingerprint density at radius 2 is 2.00 bits per heavy atom. The van der Waals surface area contributed by atoms with E-state index in [1.54, 1.807) is 24.3 Å². The Bertz CT molecular complexity index is 398. The van der Waals surface area contributed by atoms with Crippen LogP contribution in [0.15, 0.2) is 30.9 Å². The lowest BCUT2D eigenvalue weighted by Gasteiger charge is -2.09. The van der Waals surface area contributed by atoms with Crippen LogP contribution in [0.25, 0.3) is 0 Å². The molecule has 17 heavy (non-hydrogen) atoms. The first-order chi connectivity index (χ1) is 8.21. The Balaban J connectivity index is 2.88. The summed E-state index contributed by atoms with van der Waals surface area (Å²) in [6, 6.07) is 4.94. The Morgan fingerprint density at radius 3 is 2.59 bits per heavy atom. The molecule has 0 aromatic heterocycles. The van der Waals surface area contributed by atoms with E-state index in [4.69, 9.17) is 9.47 Å². The first kappa shape index (κ1) is 13.1. The van der Waals surface area contributed by atoms with Crippen LogP contribution in [0.5, 0.6) is 11.5 Å². The molecular formula is C13H16O4. The van der Waals surface area contributed by atoms with E-state index in [0.29, 0.717) is 23.7 Å². The minimum absolute atomic E-state index is 0.403. The SMILES string of the molecule is C=CCCOc1cc(OC)cc(C(=O)OC)c1. The summed E-state index contributed by atoms with van der Waals surface area (Å²) in [4.78, 5) is 11.4. The van der Waals surface area contributed by atoms with Crippen LogP contribution in [0, 0.1) is 0 Å². The number of methoxy groups -OCH3 is 2. The van der Waals surface area contributed by atoms with Crippen LogP contribution in [-0.2, 0) is 4.74 Å². The fourth-order valence-electron chi connectivity index (χ4n) is 1.27. The van der Waals surface area contributed by atoms with E-state index in [1.165, 1.54) is 14.2 Å². The van der Waals surface area contributed by atoms with E-state index in [1.807, 2.05) is 0 Å². The molecule has 0 radical (unpaired) electrons. The number of carbonyl (C=O) groups is 1. The zero-order valence-electron chi connectivity index (χ0n) is 10.1. The zero-order chi connectivity index (χ0) is 12.7. The van der Waals surface area contributed by atoms with Crippen LogP contribution in [0.4, 0.5) is 0 Å². The molecule has 0 aliphatic heterocycles. The molecule has 0 aliphatic carbocycles. The lowest BCUT2D eigenvalue weighted by atomic mass is 10.2. The molecule has 0 heterocycles. The van der Waals surface area contributed by atoms with Crippen LogP contribution in [-0.4, -0.2) is 26.8 Å². The minimum atomic E-state index is -0.419. The van der Waals surface area contributed by atoms with Crippen molar-refractivity contribution >= 4 is 5.97 Å². The molecule has 0 bridgehead atoms. The van der Waals surface area contributed by atoms with Gasteiger partial charge in [0.15, 0.2) is 0 Å². The van der Waals surface area contributed by atoms with E-state index >= 15 is 0 Å². The number of benzene rings is 1. The van der Waals surface area contributed by atoms with Gasteiger partial charge in [-0.05, 0) is 18.6 Å². The molecule has 1 aromatic carbocycles. The van der Waals surface area contributed by atoms with Crippen LogP contribution in [0.1, 0.15) is 16.8 Å². The van der Waals surface area contributed by atoms with Crippen molar-refractivity contribution in [3.63, 3.8) is 0 Å². The second-order valence-corrected chi connectivity index (χ2v) is 3.31. The Labute approximate surface area is 101 Å². The van der Waals surface area contributed by atoms with Gasteiger partial charge in [-0.15, -0.1) is 6.58 Å². The predicted molar refractivity (Wildman–Crippen MR) is 64.6 cm³/mol. The standard InChI is InChI=1S/C13H16O4/c1-4-5-6-17-12-8-10(13(14)16-3)7-11(9-12)15-2/h4,7-9H,1,5-6H2,2-3H3. The normalized spacial score (nSPS) is 9.53. The summed E-state index contributed by atoms with van der Waals surface area (Å²) >= 11 is 0. The lowest BCUT2D eigenvalue weighted by molar-refractivity contribution is 0.0600. The zero-order valence-corrected chi connectivity index (χ0v) is 10.1. The molecule has 0 N–H and O–H groups in total. The quantitative estimate of drug-likeness (QED) is 0.432. The number of hydrogen-bond acceptors (Lipinski definition) is 4. The average molecular weight is 236 g/mol. The van der Waals surface area contributed by atoms with E-state index < -0.39 is 5.97 Å².